The van der Waals surface area contributed by atoms with E-state index in [1.807, 2.05) is 31.1 Å². The van der Waals surface area contributed by atoms with Crippen molar-refractivity contribution in [2.75, 3.05) is 24.7 Å². The summed E-state index contributed by atoms with van der Waals surface area (Å²) in [6.07, 6.45) is -1.91. The van der Waals surface area contributed by atoms with Crippen LogP contribution >= 0.6 is 11.8 Å². The molecule has 2 N–H and O–H groups in total. The average Bonchev–Trinajstić information content (AvgIpc) is 2.35. The van der Waals surface area contributed by atoms with Crippen LogP contribution in [0, 0.1) is 0 Å². The minimum Gasteiger partial charge on any atom is -0.389 e. The van der Waals surface area contributed by atoms with E-state index in [0.29, 0.717) is 5.56 Å². The molecule has 0 aliphatic rings. The van der Waals surface area contributed by atoms with E-state index >= 15 is 0 Å². The zero-order chi connectivity index (χ0) is 13.7. The van der Waals surface area contributed by atoms with E-state index in [4.69, 9.17) is 0 Å². The van der Waals surface area contributed by atoms with Gasteiger partial charge < -0.3 is 15.1 Å². The lowest BCUT2D eigenvalue weighted by Gasteiger charge is -2.19. The first-order valence-corrected chi connectivity index (χ1v) is 6.67. The number of aliphatic hydroxyl groups is 2. The lowest BCUT2D eigenvalue weighted by Crippen LogP contribution is -2.21. The molecule has 0 radical (unpaired) electrons. The van der Waals surface area contributed by atoms with Crippen molar-refractivity contribution in [2.24, 2.45) is 0 Å². The molecule has 0 saturated heterocycles. The van der Waals surface area contributed by atoms with Crippen LogP contribution in [0.25, 0.3) is 0 Å². The van der Waals surface area contributed by atoms with E-state index in [-0.39, 0.29) is 10.9 Å². The summed E-state index contributed by atoms with van der Waals surface area (Å²) >= 11 is 1.01. The standard InChI is InChI=1S/C13H19NO3S/c1-9(15)18-8-12(16)13(17)10-4-6-11(7-5-10)14(2)3/h4-7,12-13,16-17H,8H2,1-3H3. The highest BCUT2D eigenvalue weighted by molar-refractivity contribution is 8.13. The maximum absolute atomic E-state index is 10.8. The molecule has 0 bridgehead atoms. The second-order valence-corrected chi connectivity index (χ2v) is 5.50. The number of carbonyl (C=O) groups is 1. The number of hydrogen-bond acceptors (Lipinski definition) is 5. The fraction of sp³-hybridized carbons (Fsp3) is 0.462. The Labute approximate surface area is 112 Å². The van der Waals surface area contributed by atoms with E-state index in [0.717, 1.165) is 17.4 Å². The van der Waals surface area contributed by atoms with Gasteiger partial charge in [0.2, 0.25) is 0 Å². The highest BCUT2D eigenvalue weighted by Gasteiger charge is 2.19. The molecular formula is C13H19NO3S. The van der Waals surface area contributed by atoms with Gasteiger partial charge in [-0.25, -0.2) is 0 Å². The summed E-state index contributed by atoms with van der Waals surface area (Å²) in [7, 11) is 3.87. The molecule has 0 fully saturated rings. The van der Waals surface area contributed by atoms with Gasteiger partial charge in [0, 0.05) is 32.5 Å². The molecule has 1 aromatic carbocycles. The monoisotopic (exact) mass is 269 g/mol. The van der Waals surface area contributed by atoms with Gasteiger partial charge >= 0.3 is 0 Å². The van der Waals surface area contributed by atoms with Crippen LogP contribution in [0.3, 0.4) is 0 Å². The summed E-state index contributed by atoms with van der Waals surface area (Å²) < 4.78 is 0. The van der Waals surface area contributed by atoms with Crippen LogP contribution in [0.2, 0.25) is 0 Å². The van der Waals surface area contributed by atoms with Gasteiger partial charge in [0.25, 0.3) is 0 Å². The van der Waals surface area contributed by atoms with Crippen molar-refractivity contribution in [3.63, 3.8) is 0 Å². The fourth-order valence-electron chi connectivity index (χ4n) is 1.49. The zero-order valence-electron chi connectivity index (χ0n) is 10.8. The van der Waals surface area contributed by atoms with Crippen molar-refractivity contribution in [2.45, 2.75) is 19.1 Å². The number of aliphatic hydroxyl groups excluding tert-OH is 2. The fourth-order valence-corrected chi connectivity index (χ4v) is 2.07. The zero-order valence-corrected chi connectivity index (χ0v) is 11.6. The van der Waals surface area contributed by atoms with E-state index in [2.05, 4.69) is 0 Å². The summed E-state index contributed by atoms with van der Waals surface area (Å²) in [5.41, 5.74) is 1.68. The van der Waals surface area contributed by atoms with E-state index in [9.17, 15) is 15.0 Å². The molecule has 18 heavy (non-hydrogen) atoms. The van der Waals surface area contributed by atoms with Gasteiger partial charge in [-0.2, -0.15) is 0 Å². The van der Waals surface area contributed by atoms with Crippen molar-refractivity contribution >= 4 is 22.6 Å². The highest BCUT2D eigenvalue weighted by Crippen LogP contribution is 2.22. The number of thioether (sulfide) groups is 1. The summed E-state index contributed by atoms with van der Waals surface area (Å²) in [4.78, 5) is 12.7. The second kappa shape index (κ2) is 6.78. The predicted molar refractivity (Wildman–Crippen MR) is 74.9 cm³/mol. The number of nitrogens with zero attached hydrogens (tertiary/aromatic N) is 1. The first kappa shape index (κ1) is 15.0. The third-order valence-corrected chi connectivity index (χ3v) is 3.49. The van der Waals surface area contributed by atoms with E-state index in [1.54, 1.807) is 12.1 Å². The number of benzene rings is 1. The van der Waals surface area contributed by atoms with Crippen LogP contribution in [0.15, 0.2) is 24.3 Å². The topological polar surface area (TPSA) is 60.8 Å². The van der Waals surface area contributed by atoms with Crippen LogP contribution < -0.4 is 4.90 Å². The lowest BCUT2D eigenvalue weighted by atomic mass is 10.1. The molecular weight excluding hydrogens is 250 g/mol. The smallest absolute Gasteiger partial charge is 0.185 e. The molecule has 0 saturated carbocycles. The molecule has 0 heterocycles. The lowest BCUT2D eigenvalue weighted by molar-refractivity contribution is -0.109. The average molecular weight is 269 g/mol. The third-order valence-electron chi connectivity index (χ3n) is 2.57. The van der Waals surface area contributed by atoms with Crippen LogP contribution in [0.4, 0.5) is 5.69 Å². The Bertz CT molecular complexity index is 392. The van der Waals surface area contributed by atoms with Gasteiger partial charge in [-0.15, -0.1) is 0 Å². The Morgan fingerprint density at radius 2 is 1.83 bits per heavy atom. The summed E-state index contributed by atoms with van der Waals surface area (Å²) in [5, 5.41) is 19.6. The minimum absolute atomic E-state index is 0.0656. The first-order valence-electron chi connectivity index (χ1n) is 5.68. The summed E-state index contributed by atoms with van der Waals surface area (Å²) in [5.74, 6) is 0.200. The number of hydrogen-bond donors (Lipinski definition) is 2. The molecule has 1 aromatic rings. The Balaban J connectivity index is 2.65. The van der Waals surface area contributed by atoms with Crippen LogP contribution in [0.5, 0.6) is 0 Å². The molecule has 0 aliphatic carbocycles. The molecule has 2 atom stereocenters. The number of anilines is 1. The van der Waals surface area contributed by atoms with Gasteiger partial charge in [-0.3, -0.25) is 4.79 Å². The second-order valence-electron chi connectivity index (χ2n) is 4.30. The maximum atomic E-state index is 10.8. The van der Waals surface area contributed by atoms with Gasteiger partial charge in [0.1, 0.15) is 6.10 Å². The minimum atomic E-state index is -0.965. The normalized spacial score (nSPS) is 14.1. The van der Waals surface area contributed by atoms with Crippen molar-refractivity contribution in [3.05, 3.63) is 29.8 Å². The molecule has 1 rings (SSSR count). The third kappa shape index (κ3) is 4.33. The van der Waals surface area contributed by atoms with E-state index < -0.39 is 12.2 Å². The SMILES string of the molecule is CC(=O)SCC(O)C(O)c1ccc(N(C)C)cc1. The van der Waals surface area contributed by atoms with Crippen LogP contribution in [0.1, 0.15) is 18.6 Å². The maximum Gasteiger partial charge on any atom is 0.185 e. The summed E-state index contributed by atoms with van der Waals surface area (Å²) in [6.45, 7) is 1.44. The van der Waals surface area contributed by atoms with Crippen molar-refractivity contribution in [1.82, 2.24) is 0 Å². The van der Waals surface area contributed by atoms with Gasteiger partial charge in [-0.05, 0) is 17.7 Å². The predicted octanol–water partition coefficient (Wildman–Crippen LogP) is 1.43. The molecule has 0 spiro atoms. The Morgan fingerprint density at radius 3 is 2.28 bits per heavy atom. The number of carbonyl (C=O) groups excluding carboxylic acids is 1. The number of rotatable bonds is 5. The van der Waals surface area contributed by atoms with Crippen molar-refractivity contribution in [3.8, 4) is 0 Å². The van der Waals surface area contributed by atoms with Crippen molar-refractivity contribution < 1.29 is 15.0 Å². The molecule has 100 valence electrons. The van der Waals surface area contributed by atoms with E-state index in [1.165, 1.54) is 6.92 Å². The largest absolute Gasteiger partial charge is 0.389 e. The van der Waals surface area contributed by atoms with Gasteiger partial charge in [0.15, 0.2) is 5.12 Å². The van der Waals surface area contributed by atoms with Crippen LogP contribution in [-0.2, 0) is 4.79 Å². The quantitative estimate of drug-likeness (QED) is 0.846. The molecule has 0 amide bonds. The summed E-state index contributed by atoms with van der Waals surface area (Å²) in [6, 6.07) is 7.32. The van der Waals surface area contributed by atoms with Crippen molar-refractivity contribution in [1.29, 1.82) is 0 Å². The Kier molecular flexibility index (Phi) is 5.65. The molecule has 2 unspecified atom stereocenters. The van der Waals surface area contributed by atoms with Gasteiger partial charge in [0.05, 0.1) is 6.10 Å². The van der Waals surface area contributed by atoms with Gasteiger partial charge in [-0.1, -0.05) is 23.9 Å². The molecule has 5 heteroatoms. The highest BCUT2D eigenvalue weighted by atomic mass is 32.2. The Hall–Kier alpha value is -1.04. The van der Waals surface area contributed by atoms with Crippen LogP contribution in [-0.4, -0.2) is 41.3 Å². The molecule has 0 aromatic heterocycles. The molecule has 0 aliphatic heterocycles. The first-order chi connectivity index (χ1) is 8.41. The molecule has 4 nitrogen and oxygen atoms in total. The Morgan fingerprint density at radius 1 is 1.28 bits per heavy atom.